The molecule has 1 rings (SSSR count). The van der Waals surface area contributed by atoms with Crippen LogP contribution in [-0.4, -0.2) is 31.4 Å². The molecule has 0 aromatic heterocycles. The van der Waals surface area contributed by atoms with Gasteiger partial charge in [0.1, 0.15) is 0 Å². The molecule has 100 valence electrons. The molecular weight excluding hydrogens is 371 g/mol. The fourth-order valence-electron chi connectivity index (χ4n) is 1.25. The van der Waals surface area contributed by atoms with Crippen LogP contribution in [0.1, 0.15) is 6.92 Å². The molecule has 6 nitrogen and oxygen atoms in total. The summed E-state index contributed by atoms with van der Waals surface area (Å²) in [5.41, 5.74) is 0.721. The van der Waals surface area contributed by atoms with Gasteiger partial charge in [-0.2, -0.15) is 0 Å². The lowest BCUT2D eigenvalue weighted by Crippen LogP contribution is -2.17. The molecule has 1 aromatic carbocycles. The van der Waals surface area contributed by atoms with Gasteiger partial charge in [0.05, 0.1) is 10.7 Å². The molecule has 0 spiro atoms. The van der Waals surface area contributed by atoms with E-state index in [0.29, 0.717) is 15.8 Å². The summed E-state index contributed by atoms with van der Waals surface area (Å²) in [5.74, 6) is 0.169. The first kappa shape index (κ1) is 15.2. The van der Waals surface area contributed by atoms with Crippen molar-refractivity contribution in [3.8, 4) is 0 Å². The average Bonchev–Trinajstić information content (AvgIpc) is 2.31. The lowest BCUT2D eigenvalue weighted by molar-refractivity contribution is -0.384. The number of nitrogens with zero attached hydrogens (tertiary/aromatic N) is 1. The van der Waals surface area contributed by atoms with E-state index >= 15 is 0 Å². The average molecular weight is 384 g/mol. The molecule has 0 saturated carbocycles. The molecule has 8 heteroatoms. The van der Waals surface area contributed by atoms with E-state index in [9.17, 15) is 18.5 Å². The minimum atomic E-state index is -3.00. The lowest BCUT2D eigenvalue weighted by atomic mass is 10.3. The maximum Gasteiger partial charge on any atom is 0.270 e. The molecule has 0 heterocycles. The Labute approximate surface area is 119 Å². The summed E-state index contributed by atoms with van der Waals surface area (Å²) in [6.07, 6.45) is 0. The van der Waals surface area contributed by atoms with Gasteiger partial charge >= 0.3 is 0 Å². The minimum absolute atomic E-state index is 0.0196. The van der Waals surface area contributed by atoms with Gasteiger partial charge in [0.25, 0.3) is 5.69 Å². The molecule has 0 aliphatic carbocycles. The van der Waals surface area contributed by atoms with Crippen LogP contribution in [0, 0.1) is 13.7 Å². The number of benzene rings is 1. The number of nitro benzene ring substituents is 1. The van der Waals surface area contributed by atoms with E-state index in [1.165, 1.54) is 12.1 Å². The maximum atomic E-state index is 11.3. The van der Waals surface area contributed by atoms with Gasteiger partial charge in [-0.05, 0) is 28.7 Å². The van der Waals surface area contributed by atoms with Crippen molar-refractivity contribution in [3.05, 3.63) is 31.9 Å². The quantitative estimate of drug-likeness (QED) is 0.461. The Morgan fingerprint density at radius 2 is 2.11 bits per heavy atom. The molecule has 0 bridgehead atoms. The van der Waals surface area contributed by atoms with E-state index in [-0.39, 0.29) is 17.2 Å². The van der Waals surface area contributed by atoms with Crippen molar-refractivity contribution in [2.45, 2.75) is 6.92 Å². The van der Waals surface area contributed by atoms with Crippen LogP contribution in [0.15, 0.2) is 18.2 Å². The zero-order valence-corrected chi connectivity index (χ0v) is 12.7. The van der Waals surface area contributed by atoms with Crippen molar-refractivity contribution in [3.63, 3.8) is 0 Å². The molecule has 0 radical (unpaired) electrons. The van der Waals surface area contributed by atoms with Crippen molar-refractivity contribution < 1.29 is 13.3 Å². The first-order chi connectivity index (χ1) is 8.35. The summed E-state index contributed by atoms with van der Waals surface area (Å²) in [6.45, 7) is 1.90. The van der Waals surface area contributed by atoms with Gasteiger partial charge in [0.15, 0.2) is 9.84 Å². The molecule has 0 aliphatic rings. The highest BCUT2D eigenvalue weighted by Gasteiger charge is 2.10. The lowest BCUT2D eigenvalue weighted by Gasteiger charge is -2.08. The number of halogens is 1. The number of hydrogen-bond acceptors (Lipinski definition) is 5. The number of hydrogen-bond donors (Lipinski definition) is 1. The summed E-state index contributed by atoms with van der Waals surface area (Å²) in [4.78, 5) is 10.1. The van der Waals surface area contributed by atoms with Crippen LogP contribution < -0.4 is 5.32 Å². The first-order valence-corrected chi connectivity index (χ1v) is 8.14. The standard InChI is InChI=1S/C10H13IN2O4S/c1-2-18(16,17)6-5-12-10-4-3-8(13(14)15)7-9(10)11/h3-4,7,12H,2,5-6H2,1H3. The Morgan fingerprint density at radius 3 is 2.61 bits per heavy atom. The molecule has 18 heavy (non-hydrogen) atoms. The van der Waals surface area contributed by atoms with Crippen LogP contribution in [0.2, 0.25) is 0 Å². The van der Waals surface area contributed by atoms with Gasteiger partial charge < -0.3 is 5.32 Å². The van der Waals surface area contributed by atoms with Gasteiger partial charge in [-0.3, -0.25) is 10.1 Å². The van der Waals surface area contributed by atoms with Crippen LogP contribution in [0.3, 0.4) is 0 Å². The zero-order chi connectivity index (χ0) is 13.8. The van der Waals surface area contributed by atoms with Crippen LogP contribution in [0.5, 0.6) is 0 Å². The number of non-ortho nitro benzene ring substituents is 1. The second kappa shape index (κ2) is 6.32. The fraction of sp³-hybridized carbons (Fsp3) is 0.400. The predicted molar refractivity (Wildman–Crippen MR) is 78.6 cm³/mol. The van der Waals surface area contributed by atoms with Gasteiger partial charge in [0.2, 0.25) is 0 Å². The summed E-state index contributed by atoms with van der Waals surface area (Å²) in [6, 6.07) is 4.41. The molecule has 0 atom stereocenters. The monoisotopic (exact) mass is 384 g/mol. The van der Waals surface area contributed by atoms with Crippen molar-refractivity contribution in [1.82, 2.24) is 0 Å². The largest absolute Gasteiger partial charge is 0.383 e. The predicted octanol–water partition coefficient (Wildman–Crippen LogP) is 2.05. The van der Waals surface area contributed by atoms with E-state index in [0.717, 1.165) is 0 Å². The van der Waals surface area contributed by atoms with Crippen LogP contribution >= 0.6 is 22.6 Å². The highest BCUT2D eigenvalue weighted by molar-refractivity contribution is 14.1. The van der Waals surface area contributed by atoms with Crippen molar-refractivity contribution in [2.75, 3.05) is 23.4 Å². The third kappa shape index (κ3) is 4.41. The topological polar surface area (TPSA) is 89.3 Å². The Balaban J connectivity index is 2.67. The Kier molecular flexibility index (Phi) is 5.32. The summed E-state index contributed by atoms with van der Waals surface area (Å²) in [5, 5.41) is 13.5. The summed E-state index contributed by atoms with van der Waals surface area (Å²) < 4.78 is 23.3. The van der Waals surface area contributed by atoms with Gasteiger partial charge in [-0.1, -0.05) is 6.92 Å². The number of anilines is 1. The molecule has 0 aliphatic heterocycles. The van der Waals surface area contributed by atoms with Crippen LogP contribution in [-0.2, 0) is 9.84 Å². The number of rotatable bonds is 6. The minimum Gasteiger partial charge on any atom is -0.383 e. The normalized spacial score (nSPS) is 11.2. The Bertz CT molecular complexity index is 545. The third-order valence-electron chi connectivity index (χ3n) is 2.33. The van der Waals surface area contributed by atoms with E-state index in [1.54, 1.807) is 13.0 Å². The number of nitrogens with one attached hydrogen (secondary N) is 1. The van der Waals surface area contributed by atoms with E-state index in [2.05, 4.69) is 5.32 Å². The van der Waals surface area contributed by atoms with Gasteiger partial charge in [-0.25, -0.2) is 8.42 Å². The fourth-order valence-corrected chi connectivity index (χ4v) is 2.64. The molecule has 0 fully saturated rings. The smallest absolute Gasteiger partial charge is 0.270 e. The van der Waals surface area contributed by atoms with Crippen LogP contribution in [0.4, 0.5) is 11.4 Å². The van der Waals surface area contributed by atoms with E-state index in [4.69, 9.17) is 0 Å². The zero-order valence-electron chi connectivity index (χ0n) is 9.72. The molecular formula is C10H13IN2O4S. The Hall–Kier alpha value is -0.900. The summed E-state index contributed by atoms with van der Waals surface area (Å²) in [7, 11) is -3.00. The van der Waals surface area contributed by atoms with E-state index < -0.39 is 14.8 Å². The van der Waals surface area contributed by atoms with Crippen molar-refractivity contribution in [1.29, 1.82) is 0 Å². The van der Waals surface area contributed by atoms with Crippen molar-refractivity contribution in [2.24, 2.45) is 0 Å². The molecule has 0 saturated heterocycles. The Morgan fingerprint density at radius 1 is 1.44 bits per heavy atom. The SMILES string of the molecule is CCS(=O)(=O)CCNc1ccc([N+](=O)[O-])cc1I. The van der Waals surface area contributed by atoms with Gasteiger partial charge in [-0.15, -0.1) is 0 Å². The third-order valence-corrected chi connectivity index (χ3v) is 4.93. The van der Waals surface area contributed by atoms with Crippen molar-refractivity contribution >= 4 is 43.8 Å². The number of nitro groups is 1. The molecule has 1 N–H and O–H groups in total. The maximum absolute atomic E-state index is 11.3. The van der Waals surface area contributed by atoms with E-state index in [1.807, 2.05) is 22.6 Å². The molecule has 0 amide bonds. The first-order valence-electron chi connectivity index (χ1n) is 5.24. The number of sulfone groups is 1. The highest BCUT2D eigenvalue weighted by atomic mass is 127. The van der Waals surface area contributed by atoms with Gasteiger partial charge in [0, 0.05) is 33.7 Å². The molecule has 0 unspecified atom stereocenters. The second-order valence-corrected chi connectivity index (χ2v) is 7.22. The second-order valence-electron chi connectivity index (χ2n) is 3.58. The highest BCUT2D eigenvalue weighted by Crippen LogP contribution is 2.23. The van der Waals surface area contributed by atoms with Crippen LogP contribution in [0.25, 0.3) is 0 Å². The molecule has 1 aromatic rings. The summed E-state index contributed by atoms with van der Waals surface area (Å²) >= 11 is 1.97.